The molecule has 0 amide bonds. The molecule has 0 saturated carbocycles. The summed E-state index contributed by atoms with van der Waals surface area (Å²) in [7, 11) is 0. The van der Waals surface area contributed by atoms with E-state index < -0.39 is 0 Å². The molecule has 0 bridgehead atoms. The van der Waals surface area contributed by atoms with Crippen LogP contribution in [0.25, 0.3) is 11.1 Å². The lowest BCUT2D eigenvalue weighted by atomic mass is 10.0. The minimum atomic E-state index is 0.166. The molecule has 0 aliphatic carbocycles. The highest BCUT2D eigenvalue weighted by atomic mass is 16.3. The fourth-order valence-electron chi connectivity index (χ4n) is 1.97. The van der Waals surface area contributed by atoms with E-state index in [4.69, 9.17) is 0 Å². The van der Waals surface area contributed by atoms with Gasteiger partial charge in [-0.25, -0.2) is 0 Å². The van der Waals surface area contributed by atoms with E-state index in [-0.39, 0.29) is 5.69 Å². The standard InChI is InChI=1S/C15H14N2O2/c1-2-16-14-6-4-3-5-13(14)11-7-8-12(10-18)15(9-11)17-19/h3-10,16H,2H2,1H3. The molecule has 0 aliphatic rings. The molecule has 0 atom stereocenters. The van der Waals surface area contributed by atoms with Crippen LogP contribution in [0.3, 0.4) is 0 Å². The van der Waals surface area contributed by atoms with Gasteiger partial charge in [0, 0.05) is 23.4 Å². The van der Waals surface area contributed by atoms with Gasteiger partial charge in [0.2, 0.25) is 0 Å². The Labute approximate surface area is 111 Å². The Bertz CT molecular complexity index is 609. The summed E-state index contributed by atoms with van der Waals surface area (Å²) in [6, 6.07) is 12.9. The van der Waals surface area contributed by atoms with Gasteiger partial charge < -0.3 is 5.32 Å². The molecule has 0 spiro atoms. The van der Waals surface area contributed by atoms with Crippen LogP contribution in [-0.2, 0) is 0 Å². The normalized spacial score (nSPS) is 9.95. The molecule has 0 radical (unpaired) electrons. The van der Waals surface area contributed by atoms with Crippen molar-refractivity contribution in [3.8, 4) is 11.1 Å². The zero-order chi connectivity index (χ0) is 13.7. The minimum Gasteiger partial charge on any atom is -0.385 e. The molecule has 0 aliphatic heterocycles. The van der Waals surface area contributed by atoms with Gasteiger partial charge in [0.05, 0.1) is 0 Å². The number of para-hydroxylation sites is 1. The molecule has 1 N–H and O–H groups in total. The van der Waals surface area contributed by atoms with E-state index in [1.54, 1.807) is 12.1 Å². The van der Waals surface area contributed by atoms with E-state index in [1.165, 1.54) is 0 Å². The van der Waals surface area contributed by atoms with Crippen molar-refractivity contribution in [1.82, 2.24) is 0 Å². The lowest BCUT2D eigenvalue weighted by Crippen LogP contribution is -1.98. The first-order valence-corrected chi connectivity index (χ1v) is 6.06. The third-order valence-electron chi connectivity index (χ3n) is 2.86. The first-order valence-electron chi connectivity index (χ1n) is 6.06. The SMILES string of the molecule is CCNc1ccccc1-c1ccc(C=O)c(N=O)c1. The molecule has 0 heterocycles. The van der Waals surface area contributed by atoms with Crippen LogP contribution >= 0.6 is 0 Å². The molecule has 2 aromatic rings. The third kappa shape index (κ3) is 2.68. The first kappa shape index (κ1) is 13.0. The molecule has 2 rings (SSSR count). The van der Waals surface area contributed by atoms with Crippen molar-refractivity contribution in [2.45, 2.75) is 6.92 Å². The summed E-state index contributed by atoms with van der Waals surface area (Å²) in [5, 5.41) is 6.16. The van der Waals surface area contributed by atoms with Crippen LogP contribution < -0.4 is 5.32 Å². The molecule has 19 heavy (non-hydrogen) atoms. The highest BCUT2D eigenvalue weighted by molar-refractivity contribution is 5.87. The average Bonchev–Trinajstić information content (AvgIpc) is 2.47. The average molecular weight is 254 g/mol. The Morgan fingerprint density at radius 1 is 1.21 bits per heavy atom. The van der Waals surface area contributed by atoms with Gasteiger partial charge in [-0.05, 0) is 35.9 Å². The zero-order valence-electron chi connectivity index (χ0n) is 10.6. The topological polar surface area (TPSA) is 58.5 Å². The van der Waals surface area contributed by atoms with Gasteiger partial charge in [-0.15, -0.1) is 4.91 Å². The van der Waals surface area contributed by atoms with Crippen LogP contribution in [0.1, 0.15) is 17.3 Å². The number of hydrogen-bond acceptors (Lipinski definition) is 4. The van der Waals surface area contributed by atoms with Gasteiger partial charge in [-0.1, -0.05) is 24.3 Å². The summed E-state index contributed by atoms with van der Waals surface area (Å²) < 4.78 is 0. The van der Waals surface area contributed by atoms with Crippen molar-refractivity contribution in [1.29, 1.82) is 0 Å². The number of carbonyl (C=O) groups excluding carboxylic acids is 1. The lowest BCUT2D eigenvalue weighted by Gasteiger charge is -2.11. The number of aldehydes is 1. The lowest BCUT2D eigenvalue weighted by molar-refractivity contribution is 0.112. The van der Waals surface area contributed by atoms with Crippen LogP contribution in [0.5, 0.6) is 0 Å². The fourth-order valence-corrected chi connectivity index (χ4v) is 1.97. The zero-order valence-corrected chi connectivity index (χ0v) is 10.6. The van der Waals surface area contributed by atoms with Crippen LogP contribution in [0.4, 0.5) is 11.4 Å². The molecular weight excluding hydrogens is 240 g/mol. The second kappa shape index (κ2) is 5.91. The van der Waals surface area contributed by atoms with Gasteiger partial charge >= 0.3 is 0 Å². The van der Waals surface area contributed by atoms with Crippen molar-refractivity contribution < 1.29 is 4.79 Å². The predicted octanol–water partition coefficient (Wildman–Crippen LogP) is 4.00. The van der Waals surface area contributed by atoms with Crippen molar-refractivity contribution in [2.75, 3.05) is 11.9 Å². The smallest absolute Gasteiger partial charge is 0.152 e. The number of benzene rings is 2. The number of nitrogens with zero attached hydrogens (tertiary/aromatic N) is 1. The highest BCUT2D eigenvalue weighted by Gasteiger charge is 2.08. The largest absolute Gasteiger partial charge is 0.385 e. The van der Waals surface area contributed by atoms with E-state index >= 15 is 0 Å². The molecule has 0 aromatic heterocycles. The minimum absolute atomic E-state index is 0.166. The molecule has 0 saturated heterocycles. The predicted molar refractivity (Wildman–Crippen MR) is 76.9 cm³/mol. The van der Waals surface area contributed by atoms with Crippen molar-refractivity contribution in [3.05, 3.63) is 52.9 Å². The number of rotatable bonds is 5. The van der Waals surface area contributed by atoms with Gasteiger partial charge in [-0.3, -0.25) is 4.79 Å². The summed E-state index contributed by atoms with van der Waals surface area (Å²) in [4.78, 5) is 21.5. The Balaban J connectivity index is 2.53. The Morgan fingerprint density at radius 3 is 2.68 bits per heavy atom. The second-order valence-electron chi connectivity index (χ2n) is 4.06. The van der Waals surface area contributed by atoms with Crippen LogP contribution in [0.15, 0.2) is 47.6 Å². The van der Waals surface area contributed by atoms with E-state index in [0.717, 1.165) is 23.4 Å². The van der Waals surface area contributed by atoms with E-state index in [2.05, 4.69) is 10.5 Å². The van der Waals surface area contributed by atoms with Gasteiger partial charge in [-0.2, -0.15) is 0 Å². The number of anilines is 1. The van der Waals surface area contributed by atoms with Gasteiger partial charge in [0.25, 0.3) is 0 Å². The summed E-state index contributed by atoms with van der Waals surface area (Å²) >= 11 is 0. The molecule has 0 fully saturated rings. The van der Waals surface area contributed by atoms with Crippen molar-refractivity contribution in [3.63, 3.8) is 0 Å². The second-order valence-corrected chi connectivity index (χ2v) is 4.06. The summed E-state index contributed by atoms with van der Waals surface area (Å²) in [5.74, 6) is 0. The monoisotopic (exact) mass is 254 g/mol. The van der Waals surface area contributed by atoms with E-state index in [9.17, 15) is 9.70 Å². The molecular formula is C15H14N2O2. The van der Waals surface area contributed by atoms with Crippen LogP contribution in [-0.4, -0.2) is 12.8 Å². The summed E-state index contributed by atoms with van der Waals surface area (Å²) in [5.41, 5.74) is 3.29. The molecule has 96 valence electrons. The Kier molecular flexibility index (Phi) is 4.03. The van der Waals surface area contributed by atoms with Gasteiger partial charge in [0.15, 0.2) is 6.29 Å². The Morgan fingerprint density at radius 2 is 2.00 bits per heavy atom. The number of carbonyl (C=O) groups is 1. The van der Waals surface area contributed by atoms with Crippen LogP contribution in [0.2, 0.25) is 0 Å². The third-order valence-corrected chi connectivity index (χ3v) is 2.86. The molecule has 2 aromatic carbocycles. The molecule has 4 heteroatoms. The maximum absolute atomic E-state index is 10.8. The fraction of sp³-hybridized carbons (Fsp3) is 0.133. The van der Waals surface area contributed by atoms with Crippen LogP contribution in [0, 0.1) is 4.91 Å². The van der Waals surface area contributed by atoms with Crippen molar-refractivity contribution >= 4 is 17.7 Å². The summed E-state index contributed by atoms with van der Waals surface area (Å²) in [6.45, 7) is 2.83. The van der Waals surface area contributed by atoms with E-state index in [1.807, 2.05) is 37.3 Å². The molecule has 4 nitrogen and oxygen atoms in total. The number of nitroso groups, excluding NO2 is 1. The maximum atomic E-state index is 10.8. The van der Waals surface area contributed by atoms with Gasteiger partial charge in [0.1, 0.15) is 5.69 Å². The maximum Gasteiger partial charge on any atom is 0.152 e. The highest BCUT2D eigenvalue weighted by Crippen LogP contribution is 2.31. The molecule has 0 unspecified atom stereocenters. The summed E-state index contributed by atoms with van der Waals surface area (Å²) in [6.07, 6.45) is 0.636. The number of nitrogens with one attached hydrogen (secondary N) is 1. The van der Waals surface area contributed by atoms with Crippen molar-refractivity contribution in [2.24, 2.45) is 5.18 Å². The number of hydrogen-bond donors (Lipinski definition) is 1. The Hall–Kier alpha value is -2.49. The first-order chi connectivity index (χ1) is 9.30. The quantitative estimate of drug-likeness (QED) is 0.648. The van der Waals surface area contributed by atoms with E-state index in [0.29, 0.717) is 11.8 Å².